The Balaban J connectivity index is 1.71. The maximum absolute atomic E-state index is 13.4. The molecule has 1 aromatic carbocycles. The van der Waals surface area contributed by atoms with Crippen molar-refractivity contribution < 1.29 is 4.79 Å². The zero-order valence-electron chi connectivity index (χ0n) is 17.0. The molecular formula is C20H22N8OS. The second kappa shape index (κ2) is 8.62. The molecule has 30 heavy (non-hydrogen) atoms. The van der Waals surface area contributed by atoms with E-state index in [1.807, 2.05) is 61.0 Å². The van der Waals surface area contributed by atoms with Gasteiger partial charge in [-0.3, -0.25) is 9.20 Å². The van der Waals surface area contributed by atoms with E-state index < -0.39 is 0 Å². The molecule has 0 aliphatic heterocycles. The number of hydrogen-bond donors (Lipinski definition) is 1. The topological polar surface area (TPSA) is 103 Å². The van der Waals surface area contributed by atoms with Crippen LogP contribution < -0.4 is 5.32 Å². The van der Waals surface area contributed by atoms with Gasteiger partial charge in [-0.2, -0.15) is 16.4 Å². The molecule has 0 saturated carbocycles. The Morgan fingerprint density at radius 3 is 2.83 bits per heavy atom. The van der Waals surface area contributed by atoms with Gasteiger partial charge in [-0.15, -0.1) is 15.3 Å². The van der Waals surface area contributed by atoms with Gasteiger partial charge >= 0.3 is 0 Å². The van der Waals surface area contributed by atoms with Crippen molar-refractivity contribution in [2.75, 3.05) is 12.0 Å². The number of rotatable bonds is 7. The lowest BCUT2D eigenvalue weighted by Crippen LogP contribution is -2.31. The second-order valence-electron chi connectivity index (χ2n) is 6.95. The lowest BCUT2D eigenvalue weighted by Gasteiger charge is -2.19. The number of thioether (sulfide) groups is 1. The molecule has 0 aliphatic rings. The van der Waals surface area contributed by atoms with Gasteiger partial charge in [0.2, 0.25) is 0 Å². The number of aromatic nitrogens is 7. The molecule has 4 aromatic rings. The van der Waals surface area contributed by atoms with E-state index in [1.54, 1.807) is 11.8 Å². The molecule has 1 atom stereocenters. The average molecular weight is 423 g/mol. The van der Waals surface area contributed by atoms with Gasteiger partial charge in [0.05, 0.1) is 17.3 Å². The highest BCUT2D eigenvalue weighted by Gasteiger charge is 2.24. The number of fused-ring (bicyclic) bond motifs is 1. The average Bonchev–Trinajstić information content (AvgIpc) is 3.43. The van der Waals surface area contributed by atoms with E-state index in [0.717, 1.165) is 28.9 Å². The fraction of sp³-hybridized carbons (Fsp3) is 0.300. The molecule has 1 N–H and O–H groups in total. The predicted octanol–water partition coefficient (Wildman–Crippen LogP) is 2.55. The molecule has 0 radical (unpaired) electrons. The Hall–Kier alpha value is -3.27. The summed E-state index contributed by atoms with van der Waals surface area (Å²) in [5.41, 5.74) is 3.93. The number of carbonyl (C=O) groups excluding carboxylic acids is 1. The van der Waals surface area contributed by atoms with Crippen molar-refractivity contribution in [3.63, 3.8) is 0 Å². The standard InChI is InChI=1S/C20H22N8OS/c1-13-7-8-15(18(14(13)2)28-12-21-25-26-28)20(29)22-16(9-11-30-3)19-24-23-17-6-4-5-10-27(17)19/h4-8,10,12,16H,9,11H2,1-3H3,(H,22,29). The normalized spacial score (nSPS) is 12.2. The molecule has 10 heteroatoms. The van der Waals surface area contributed by atoms with Crippen LogP contribution in [0.5, 0.6) is 0 Å². The van der Waals surface area contributed by atoms with Crippen molar-refractivity contribution in [3.05, 3.63) is 65.4 Å². The molecule has 1 amide bonds. The number of aryl methyl sites for hydroxylation is 1. The van der Waals surface area contributed by atoms with Crippen molar-refractivity contribution in [1.29, 1.82) is 0 Å². The number of carbonyl (C=O) groups is 1. The Kier molecular flexibility index (Phi) is 5.75. The van der Waals surface area contributed by atoms with Crippen LogP contribution in [-0.4, -0.2) is 52.7 Å². The number of tetrazole rings is 1. The maximum atomic E-state index is 13.4. The van der Waals surface area contributed by atoms with E-state index in [2.05, 4.69) is 31.0 Å². The van der Waals surface area contributed by atoms with Gasteiger partial charge in [-0.1, -0.05) is 12.1 Å². The molecular weight excluding hydrogens is 400 g/mol. The molecule has 1 unspecified atom stereocenters. The number of amides is 1. The first-order valence-electron chi connectivity index (χ1n) is 9.53. The third kappa shape index (κ3) is 3.78. The van der Waals surface area contributed by atoms with Crippen LogP contribution in [0.25, 0.3) is 11.3 Å². The maximum Gasteiger partial charge on any atom is 0.254 e. The first-order chi connectivity index (χ1) is 14.6. The van der Waals surface area contributed by atoms with Gasteiger partial charge in [0.25, 0.3) is 5.91 Å². The minimum Gasteiger partial charge on any atom is -0.342 e. The number of pyridine rings is 1. The molecule has 0 spiro atoms. The van der Waals surface area contributed by atoms with Crippen LogP contribution in [0.2, 0.25) is 0 Å². The summed E-state index contributed by atoms with van der Waals surface area (Å²) in [5.74, 6) is 1.38. The van der Waals surface area contributed by atoms with E-state index in [-0.39, 0.29) is 11.9 Å². The highest BCUT2D eigenvalue weighted by Crippen LogP contribution is 2.24. The third-order valence-corrected chi connectivity index (χ3v) is 5.74. The highest BCUT2D eigenvalue weighted by molar-refractivity contribution is 7.98. The lowest BCUT2D eigenvalue weighted by molar-refractivity contribution is 0.0933. The van der Waals surface area contributed by atoms with Gasteiger partial charge in [0.1, 0.15) is 6.33 Å². The van der Waals surface area contributed by atoms with Crippen LogP contribution >= 0.6 is 11.8 Å². The van der Waals surface area contributed by atoms with Crippen LogP contribution in [0.4, 0.5) is 0 Å². The van der Waals surface area contributed by atoms with Gasteiger partial charge < -0.3 is 5.32 Å². The summed E-state index contributed by atoms with van der Waals surface area (Å²) >= 11 is 1.72. The van der Waals surface area contributed by atoms with Crippen molar-refractivity contribution >= 4 is 23.3 Å². The van der Waals surface area contributed by atoms with Gasteiger partial charge in [-0.05, 0) is 72.0 Å². The fourth-order valence-electron chi connectivity index (χ4n) is 3.38. The van der Waals surface area contributed by atoms with E-state index in [4.69, 9.17) is 0 Å². The Bertz CT molecular complexity index is 1170. The number of benzene rings is 1. The molecule has 4 rings (SSSR count). The third-order valence-electron chi connectivity index (χ3n) is 5.09. The molecule has 9 nitrogen and oxygen atoms in total. The first-order valence-corrected chi connectivity index (χ1v) is 10.9. The minimum absolute atomic E-state index is 0.206. The van der Waals surface area contributed by atoms with Crippen molar-refractivity contribution in [3.8, 4) is 5.69 Å². The van der Waals surface area contributed by atoms with Crippen LogP contribution in [0.1, 0.15) is 39.8 Å². The molecule has 3 heterocycles. The zero-order valence-corrected chi connectivity index (χ0v) is 17.8. The second-order valence-corrected chi connectivity index (χ2v) is 7.94. The Morgan fingerprint density at radius 2 is 2.07 bits per heavy atom. The largest absolute Gasteiger partial charge is 0.342 e. The lowest BCUT2D eigenvalue weighted by atomic mass is 10.0. The summed E-state index contributed by atoms with van der Waals surface area (Å²) in [6.07, 6.45) is 6.18. The van der Waals surface area contributed by atoms with E-state index in [0.29, 0.717) is 17.1 Å². The van der Waals surface area contributed by atoms with Crippen LogP contribution in [-0.2, 0) is 0 Å². The number of nitrogens with one attached hydrogen (secondary N) is 1. The van der Waals surface area contributed by atoms with Gasteiger partial charge in [-0.25, -0.2) is 0 Å². The van der Waals surface area contributed by atoms with Gasteiger partial charge in [0, 0.05) is 6.20 Å². The monoisotopic (exact) mass is 422 g/mol. The Morgan fingerprint density at radius 1 is 1.20 bits per heavy atom. The highest BCUT2D eigenvalue weighted by atomic mass is 32.2. The number of hydrogen-bond acceptors (Lipinski definition) is 7. The van der Waals surface area contributed by atoms with Gasteiger partial charge in [0.15, 0.2) is 11.5 Å². The fourth-order valence-corrected chi connectivity index (χ4v) is 3.85. The van der Waals surface area contributed by atoms with Crippen molar-refractivity contribution in [1.82, 2.24) is 40.1 Å². The molecule has 154 valence electrons. The summed E-state index contributed by atoms with van der Waals surface area (Å²) in [5, 5.41) is 23.2. The predicted molar refractivity (Wildman–Crippen MR) is 115 cm³/mol. The van der Waals surface area contributed by atoms with E-state index in [9.17, 15) is 4.79 Å². The zero-order chi connectivity index (χ0) is 21.1. The molecule has 3 aromatic heterocycles. The summed E-state index contributed by atoms with van der Waals surface area (Å²) in [7, 11) is 0. The van der Waals surface area contributed by atoms with Crippen LogP contribution in [0.3, 0.4) is 0 Å². The summed E-state index contributed by atoms with van der Waals surface area (Å²) in [6, 6.07) is 9.18. The van der Waals surface area contributed by atoms with Crippen LogP contribution in [0.15, 0.2) is 42.9 Å². The number of nitrogens with zero attached hydrogens (tertiary/aromatic N) is 7. The first kappa shape index (κ1) is 20.0. The summed E-state index contributed by atoms with van der Waals surface area (Å²) < 4.78 is 3.44. The molecule has 0 fully saturated rings. The Labute approximate surface area is 177 Å². The summed E-state index contributed by atoms with van der Waals surface area (Å²) in [6.45, 7) is 3.95. The minimum atomic E-state index is -0.286. The smallest absolute Gasteiger partial charge is 0.254 e. The van der Waals surface area contributed by atoms with Crippen LogP contribution in [0, 0.1) is 13.8 Å². The van der Waals surface area contributed by atoms with Crippen molar-refractivity contribution in [2.24, 2.45) is 0 Å². The van der Waals surface area contributed by atoms with E-state index in [1.165, 1.54) is 11.0 Å². The van der Waals surface area contributed by atoms with Crippen molar-refractivity contribution in [2.45, 2.75) is 26.3 Å². The molecule has 0 aliphatic carbocycles. The molecule has 0 bridgehead atoms. The quantitative estimate of drug-likeness (QED) is 0.488. The van der Waals surface area contributed by atoms with E-state index >= 15 is 0 Å². The summed E-state index contributed by atoms with van der Waals surface area (Å²) in [4.78, 5) is 13.4. The SMILES string of the molecule is CSCCC(NC(=O)c1ccc(C)c(C)c1-n1cnnn1)c1nnc2ccccn12. The molecule has 0 saturated heterocycles.